The molecule has 20 heavy (non-hydrogen) atoms. The maximum Gasteiger partial charge on any atom is 0.148 e. The zero-order chi connectivity index (χ0) is 14.5. The second-order valence-electron chi connectivity index (χ2n) is 4.36. The van der Waals surface area contributed by atoms with Crippen LogP contribution in [-0.4, -0.2) is 4.98 Å². The minimum atomic E-state index is 0.472. The Morgan fingerprint density at radius 2 is 2.00 bits per heavy atom. The number of halogens is 2. The van der Waals surface area contributed by atoms with Crippen LogP contribution in [0, 0.1) is 0 Å². The molecule has 3 nitrogen and oxygen atoms in total. The van der Waals surface area contributed by atoms with Crippen molar-refractivity contribution >= 4 is 43.2 Å². The molecule has 0 saturated heterocycles. The molecule has 2 aromatic rings. The molecule has 0 radical (unpaired) electrons. The van der Waals surface area contributed by atoms with Gasteiger partial charge in [0, 0.05) is 11.9 Å². The first-order valence-electron chi connectivity index (χ1n) is 6.38. The van der Waals surface area contributed by atoms with E-state index in [1.165, 1.54) is 5.01 Å². The second-order valence-corrected chi connectivity index (χ2v) is 7.02. The lowest BCUT2D eigenvalue weighted by molar-refractivity contribution is 0.298. The van der Waals surface area contributed by atoms with Crippen LogP contribution < -0.4 is 10.5 Å². The maximum atomic E-state index is 5.85. The third-order valence-electron chi connectivity index (χ3n) is 2.72. The lowest BCUT2D eigenvalue weighted by Gasteiger charge is -2.10. The summed E-state index contributed by atoms with van der Waals surface area (Å²) < 4.78 is 7.65. The normalized spacial score (nSPS) is 10.8. The summed E-state index contributed by atoms with van der Waals surface area (Å²) in [5.74, 6) is 0.784. The van der Waals surface area contributed by atoms with Crippen molar-refractivity contribution in [3.05, 3.63) is 42.7 Å². The molecule has 0 bridgehead atoms. The van der Waals surface area contributed by atoms with Gasteiger partial charge in [-0.25, -0.2) is 4.98 Å². The van der Waals surface area contributed by atoms with E-state index in [9.17, 15) is 0 Å². The molecule has 0 atom stereocenters. The first kappa shape index (κ1) is 15.9. The molecule has 0 spiro atoms. The molecular formula is C14H16Br2N2OS. The number of ether oxygens (including phenoxy) is 1. The summed E-state index contributed by atoms with van der Waals surface area (Å²) in [6, 6.07) is 3.95. The fourth-order valence-electron chi connectivity index (χ4n) is 1.76. The molecule has 2 rings (SSSR count). The average molecular weight is 420 g/mol. The van der Waals surface area contributed by atoms with E-state index in [1.807, 2.05) is 12.1 Å². The topological polar surface area (TPSA) is 48.1 Å². The molecule has 2 N–H and O–H groups in total. The van der Waals surface area contributed by atoms with Crippen LogP contribution in [0.25, 0.3) is 0 Å². The Bertz CT molecular complexity index is 563. The van der Waals surface area contributed by atoms with Crippen LogP contribution in [0.15, 0.2) is 26.5 Å². The minimum absolute atomic E-state index is 0.472. The van der Waals surface area contributed by atoms with E-state index in [2.05, 4.69) is 49.1 Å². The van der Waals surface area contributed by atoms with Crippen molar-refractivity contribution < 1.29 is 4.74 Å². The number of benzene rings is 1. The number of aromatic nitrogens is 1. The van der Waals surface area contributed by atoms with Crippen LogP contribution in [0.5, 0.6) is 5.75 Å². The van der Waals surface area contributed by atoms with E-state index in [-0.39, 0.29) is 0 Å². The zero-order valence-electron chi connectivity index (χ0n) is 11.2. The first-order chi connectivity index (χ1) is 9.63. The molecule has 1 aromatic heterocycles. The predicted octanol–water partition coefficient (Wildman–Crippen LogP) is 4.66. The van der Waals surface area contributed by atoms with Gasteiger partial charge in [-0.3, -0.25) is 0 Å². The molecular weight excluding hydrogens is 404 g/mol. The molecule has 1 heterocycles. The predicted molar refractivity (Wildman–Crippen MR) is 90.2 cm³/mol. The number of nitrogens with two attached hydrogens (primary N) is 1. The van der Waals surface area contributed by atoms with Crippen LogP contribution in [-0.2, 0) is 19.6 Å². The quantitative estimate of drug-likeness (QED) is 0.740. The summed E-state index contributed by atoms with van der Waals surface area (Å²) in [4.78, 5) is 4.55. The monoisotopic (exact) mass is 418 g/mol. The van der Waals surface area contributed by atoms with Crippen LogP contribution in [0.3, 0.4) is 0 Å². The molecule has 0 unspecified atom stereocenters. The second kappa shape index (κ2) is 7.54. The molecule has 1 aromatic carbocycles. The molecule has 0 aliphatic rings. The van der Waals surface area contributed by atoms with E-state index in [4.69, 9.17) is 10.5 Å². The van der Waals surface area contributed by atoms with Gasteiger partial charge in [-0.05, 0) is 62.4 Å². The summed E-state index contributed by atoms with van der Waals surface area (Å²) in [6.45, 7) is 3.13. The van der Waals surface area contributed by atoms with Crippen molar-refractivity contribution in [3.63, 3.8) is 0 Å². The Balaban J connectivity index is 2.06. The smallest absolute Gasteiger partial charge is 0.148 e. The largest absolute Gasteiger partial charge is 0.485 e. The van der Waals surface area contributed by atoms with Crippen molar-refractivity contribution in [2.45, 2.75) is 32.9 Å². The molecule has 0 aliphatic heterocycles. The molecule has 0 aliphatic carbocycles. The number of nitrogens with zero attached hydrogens (tertiary/aromatic N) is 1. The maximum absolute atomic E-state index is 5.85. The fraction of sp³-hybridized carbons (Fsp3) is 0.357. The molecule has 0 amide bonds. The Kier molecular flexibility index (Phi) is 6.01. The Morgan fingerprint density at radius 1 is 1.30 bits per heavy atom. The van der Waals surface area contributed by atoms with Crippen LogP contribution in [0.1, 0.15) is 29.6 Å². The van der Waals surface area contributed by atoms with Gasteiger partial charge in [0.1, 0.15) is 12.4 Å². The summed E-state index contributed by atoms with van der Waals surface area (Å²) in [5.41, 5.74) is 7.67. The number of hydrogen-bond acceptors (Lipinski definition) is 4. The lowest BCUT2D eigenvalue weighted by atomic mass is 10.2. The van der Waals surface area contributed by atoms with Gasteiger partial charge in [0.15, 0.2) is 0 Å². The highest BCUT2D eigenvalue weighted by Gasteiger charge is 2.10. The van der Waals surface area contributed by atoms with Gasteiger partial charge in [-0.2, -0.15) is 0 Å². The van der Waals surface area contributed by atoms with Crippen LogP contribution >= 0.6 is 43.2 Å². The van der Waals surface area contributed by atoms with Gasteiger partial charge in [0.05, 0.1) is 19.6 Å². The minimum Gasteiger partial charge on any atom is -0.485 e. The number of aryl methyl sites for hydroxylation is 1. The highest BCUT2D eigenvalue weighted by molar-refractivity contribution is 9.11. The van der Waals surface area contributed by atoms with Crippen molar-refractivity contribution in [2.24, 2.45) is 5.73 Å². The van der Waals surface area contributed by atoms with Gasteiger partial charge in [-0.15, -0.1) is 11.3 Å². The zero-order valence-corrected chi connectivity index (χ0v) is 15.1. The van der Waals surface area contributed by atoms with E-state index in [0.717, 1.165) is 38.8 Å². The van der Waals surface area contributed by atoms with Gasteiger partial charge < -0.3 is 10.5 Å². The van der Waals surface area contributed by atoms with Crippen LogP contribution in [0.2, 0.25) is 0 Å². The van der Waals surface area contributed by atoms with Gasteiger partial charge in [-0.1, -0.05) is 6.92 Å². The van der Waals surface area contributed by atoms with Crippen molar-refractivity contribution in [1.82, 2.24) is 4.98 Å². The summed E-state index contributed by atoms with van der Waals surface area (Å²) in [6.07, 6.45) is 2.15. The third kappa shape index (κ3) is 4.04. The number of hydrogen-bond donors (Lipinski definition) is 1. The van der Waals surface area contributed by atoms with Crippen LogP contribution in [0.4, 0.5) is 0 Å². The van der Waals surface area contributed by atoms with Crippen molar-refractivity contribution in [3.8, 4) is 5.75 Å². The first-order valence-corrected chi connectivity index (χ1v) is 8.84. The Hall–Kier alpha value is -0.430. The van der Waals surface area contributed by atoms with E-state index in [0.29, 0.717) is 13.2 Å². The Labute approximate surface area is 139 Å². The van der Waals surface area contributed by atoms with Gasteiger partial charge >= 0.3 is 0 Å². The highest BCUT2D eigenvalue weighted by atomic mass is 79.9. The molecule has 108 valence electrons. The molecule has 0 fully saturated rings. The van der Waals surface area contributed by atoms with Gasteiger partial charge in [0.25, 0.3) is 0 Å². The fourth-order valence-corrected chi connectivity index (χ4v) is 4.15. The standard InChI is InChI=1S/C14H16Br2N2OS/c1-2-3-13-18-10(8-20-13)7-19-14-11(15)4-9(6-17)5-12(14)16/h4-5,8H,2-3,6-7,17H2,1H3. The third-order valence-corrected chi connectivity index (χ3v) is 4.86. The SMILES string of the molecule is CCCc1nc(COc2c(Br)cc(CN)cc2Br)cs1. The van der Waals surface area contributed by atoms with Gasteiger partial charge in [0.2, 0.25) is 0 Å². The Morgan fingerprint density at radius 3 is 2.60 bits per heavy atom. The highest BCUT2D eigenvalue weighted by Crippen LogP contribution is 2.35. The summed E-state index contributed by atoms with van der Waals surface area (Å²) in [5, 5.41) is 3.23. The van der Waals surface area contributed by atoms with Crippen molar-refractivity contribution in [2.75, 3.05) is 0 Å². The summed E-state index contributed by atoms with van der Waals surface area (Å²) in [7, 11) is 0. The number of rotatable bonds is 6. The van der Waals surface area contributed by atoms with E-state index >= 15 is 0 Å². The number of thiazole rings is 1. The molecule has 6 heteroatoms. The lowest BCUT2D eigenvalue weighted by Crippen LogP contribution is -2.00. The average Bonchev–Trinajstić information content (AvgIpc) is 2.85. The molecule has 0 saturated carbocycles. The van der Waals surface area contributed by atoms with E-state index in [1.54, 1.807) is 11.3 Å². The van der Waals surface area contributed by atoms with Crippen molar-refractivity contribution in [1.29, 1.82) is 0 Å². The van der Waals surface area contributed by atoms with E-state index < -0.39 is 0 Å². The summed E-state index contributed by atoms with van der Waals surface area (Å²) >= 11 is 8.72.